The summed E-state index contributed by atoms with van der Waals surface area (Å²) in [5.41, 5.74) is 1.67. The van der Waals surface area contributed by atoms with Gasteiger partial charge in [0.05, 0.1) is 26.4 Å². The highest BCUT2D eigenvalue weighted by molar-refractivity contribution is 6.14. The number of fused-ring (bicyclic) bond motifs is 2. The molecule has 0 aliphatic carbocycles. The predicted octanol–water partition coefficient (Wildman–Crippen LogP) is 2.50. The molecule has 2 aliphatic rings. The van der Waals surface area contributed by atoms with E-state index in [9.17, 15) is 15.0 Å². The Morgan fingerprint density at radius 2 is 1.71 bits per heavy atom. The van der Waals surface area contributed by atoms with E-state index in [1.165, 1.54) is 14.2 Å². The van der Waals surface area contributed by atoms with Gasteiger partial charge in [-0.05, 0) is 35.2 Å². The average molecular weight is 466 g/mol. The van der Waals surface area contributed by atoms with Gasteiger partial charge in [-0.15, -0.1) is 0 Å². The normalized spacial score (nSPS) is 15.0. The molecule has 1 saturated heterocycles. The molecular weight excluding hydrogens is 440 g/mol. The van der Waals surface area contributed by atoms with Crippen LogP contribution in [0.1, 0.15) is 15.9 Å². The Morgan fingerprint density at radius 3 is 2.38 bits per heavy atom. The molecule has 0 atom stereocenters. The quantitative estimate of drug-likeness (QED) is 0.526. The Balaban J connectivity index is 1.86. The minimum Gasteiger partial charge on any atom is -0.507 e. The van der Waals surface area contributed by atoms with Gasteiger partial charge in [-0.3, -0.25) is 4.79 Å². The molecule has 3 N–H and O–H groups in total. The first-order chi connectivity index (χ1) is 16.6. The number of carbonyl (C=O) groups is 1. The number of phenols is 1. The molecule has 2 heterocycles. The van der Waals surface area contributed by atoms with E-state index in [4.69, 9.17) is 18.9 Å². The summed E-state index contributed by atoms with van der Waals surface area (Å²) in [6.45, 7) is 1.99. The van der Waals surface area contributed by atoms with Crippen molar-refractivity contribution in [3.8, 4) is 39.9 Å². The SMILES string of the molecule is COc1cc2c(O)c(CO)c(C(=O)N3CCNCC3)c(-c3ccc4c(c3)OCO4)c2cc1OC. The number of aliphatic hydroxyl groups excluding tert-OH is 1. The molecule has 9 heteroatoms. The summed E-state index contributed by atoms with van der Waals surface area (Å²) < 4.78 is 22.0. The lowest BCUT2D eigenvalue weighted by Gasteiger charge is -2.30. The largest absolute Gasteiger partial charge is 0.507 e. The monoisotopic (exact) mass is 466 g/mol. The fourth-order valence-electron chi connectivity index (χ4n) is 4.62. The topological polar surface area (TPSA) is 110 Å². The number of amides is 1. The van der Waals surface area contributed by atoms with Gasteiger partial charge in [-0.1, -0.05) is 6.07 Å². The Hall–Kier alpha value is -3.69. The van der Waals surface area contributed by atoms with Gasteiger partial charge in [-0.25, -0.2) is 0 Å². The first kappa shape index (κ1) is 22.1. The molecule has 1 fully saturated rings. The van der Waals surface area contributed by atoms with Crippen LogP contribution in [-0.2, 0) is 6.61 Å². The predicted molar refractivity (Wildman–Crippen MR) is 125 cm³/mol. The summed E-state index contributed by atoms with van der Waals surface area (Å²) in [4.78, 5) is 15.6. The Bertz CT molecular complexity index is 1270. The third-order valence-electron chi connectivity index (χ3n) is 6.32. The molecule has 34 heavy (non-hydrogen) atoms. The van der Waals surface area contributed by atoms with Crippen LogP contribution < -0.4 is 24.3 Å². The zero-order valence-electron chi connectivity index (χ0n) is 19.0. The lowest BCUT2D eigenvalue weighted by atomic mass is 9.87. The Morgan fingerprint density at radius 1 is 1.03 bits per heavy atom. The highest BCUT2D eigenvalue weighted by Gasteiger charge is 2.30. The van der Waals surface area contributed by atoms with Gasteiger partial charge in [0.25, 0.3) is 5.91 Å². The molecule has 2 aliphatic heterocycles. The molecular formula is C25H26N2O7. The number of rotatable bonds is 5. The summed E-state index contributed by atoms with van der Waals surface area (Å²) in [5, 5.41) is 25.8. The van der Waals surface area contributed by atoms with E-state index in [0.29, 0.717) is 71.1 Å². The zero-order valence-corrected chi connectivity index (χ0v) is 19.0. The van der Waals surface area contributed by atoms with Gasteiger partial charge < -0.3 is 39.4 Å². The van der Waals surface area contributed by atoms with Crippen LogP contribution in [0.3, 0.4) is 0 Å². The van der Waals surface area contributed by atoms with Crippen molar-refractivity contribution in [2.75, 3.05) is 47.2 Å². The number of nitrogens with zero attached hydrogens (tertiary/aromatic N) is 1. The maximum absolute atomic E-state index is 13.8. The highest BCUT2D eigenvalue weighted by Crippen LogP contribution is 2.47. The number of benzene rings is 3. The Labute approximate surface area is 196 Å². The second-order valence-electron chi connectivity index (χ2n) is 8.10. The van der Waals surface area contributed by atoms with Gasteiger partial charge in [0, 0.05) is 42.7 Å². The van der Waals surface area contributed by atoms with Gasteiger partial charge >= 0.3 is 0 Å². The second-order valence-corrected chi connectivity index (χ2v) is 8.10. The summed E-state index contributed by atoms with van der Waals surface area (Å²) in [6, 6.07) is 8.82. The van der Waals surface area contributed by atoms with Crippen LogP contribution in [0.15, 0.2) is 30.3 Å². The standard InChI is InChI=1S/C25H26N2O7/c1-31-19-10-15-16(11-20(19)32-2)24(29)17(12-28)23(25(30)27-7-5-26-6-8-27)22(15)14-3-4-18-21(9-14)34-13-33-18/h3-4,9-11,26,28-29H,5-8,12-13H2,1-2H3. The molecule has 0 spiro atoms. The van der Waals surface area contributed by atoms with Crippen LogP contribution in [0.2, 0.25) is 0 Å². The van der Waals surface area contributed by atoms with Gasteiger partial charge in [0.15, 0.2) is 23.0 Å². The first-order valence-corrected chi connectivity index (χ1v) is 11.0. The van der Waals surface area contributed by atoms with Crippen molar-refractivity contribution < 1.29 is 34.0 Å². The molecule has 0 saturated carbocycles. The molecule has 9 nitrogen and oxygen atoms in total. The summed E-state index contributed by atoms with van der Waals surface area (Å²) in [6.07, 6.45) is 0. The van der Waals surface area contributed by atoms with Crippen LogP contribution in [0.4, 0.5) is 0 Å². The molecule has 0 unspecified atom stereocenters. The van der Waals surface area contributed by atoms with Crippen LogP contribution in [0.25, 0.3) is 21.9 Å². The fraction of sp³-hybridized carbons (Fsp3) is 0.320. The third kappa shape index (κ3) is 3.53. The molecule has 178 valence electrons. The molecule has 3 aromatic rings. The maximum Gasteiger partial charge on any atom is 0.255 e. The van der Waals surface area contributed by atoms with Gasteiger partial charge in [0.1, 0.15) is 5.75 Å². The van der Waals surface area contributed by atoms with Crippen molar-refractivity contribution >= 4 is 16.7 Å². The number of hydrogen-bond acceptors (Lipinski definition) is 8. The minimum absolute atomic E-state index is 0.120. The second kappa shape index (κ2) is 8.92. The van der Waals surface area contributed by atoms with Crippen LogP contribution in [-0.4, -0.2) is 68.2 Å². The Kier molecular flexibility index (Phi) is 5.80. The molecule has 1 amide bonds. The minimum atomic E-state index is -0.513. The summed E-state index contributed by atoms with van der Waals surface area (Å²) in [5.74, 6) is 1.63. The van der Waals surface area contributed by atoms with Crippen LogP contribution in [0.5, 0.6) is 28.7 Å². The van der Waals surface area contributed by atoms with E-state index in [1.807, 2.05) is 6.07 Å². The summed E-state index contributed by atoms with van der Waals surface area (Å²) >= 11 is 0. The molecule has 0 radical (unpaired) electrons. The fourth-order valence-corrected chi connectivity index (χ4v) is 4.62. The van der Waals surface area contributed by atoms with E-state index in [-0.39, 0.29) is 29.6 Å². The number of ether oxygens (including phenoxy) is 4. The smallest absolute Gasteiger partial charge is 0.255 e. The van der Waals surface area contributed by atoms with Crippen molar-refractivity contribution in [3.05, 3.63) is 41.5 Å². The van der Waals surface area contributed by atoms with E-state index in [2.05, 4.69) is 5.32 Å². The van der Waals surface area contributed by atoms with Crippen molar-refractivity contribution in [2.24, 2.45) is 0 Å². The van der Waals surface area contributed by atoms with Crippen LogP contribution in [0, 0.1) is 0 Å². The van der Waals surface area contributed by atoms with Crippen molar-refractivity contribution in [2.45, 2.75) is 6.61 Å². The number of nitrogens with one attached hydrogen (secondary N) is 1. The van der Waals surface area contributed by atoms with Crippen molar-refractivity contribution in [1.82, 2.24) is 10.2 Å². The van der Waals surface area contributed by atoms with Crippen molar-refractivity contribution in [3.63, 3.8) is 0 Å². The number of aromatic hydroxyl groups is 1. The number of hydrogen-bond donors (Lipinski definition) is 3. The lowest BCUT2D eigenvalue weighted by molar-refractivity contribution is 0.0733. The van der Waals surface area contributed by atoms with E-state index < -0.39 is 6.61 Å². The first-order valence-electron chi connectivity index (χ1n) is 11.0. The molecule has 5 rings (SSSR count). The van der Waals surface area contributed by atoms with Crippen LogP contribution >= 0.6 is 0 Å². The van der Waals surface area contributed by atoms with E-state index >= 15 is 0 Å². The number of piperazine rings is 1. The number of carbonyl (C=O) groups excluding carboxylic acids is 1. The average Bonchev–Trinajstić information content (AvgIpc) is 3.36. The maximum atomic E-state index is 13.8. The van der Waals surface area contributed by atoms with Crippen molar-refractivity contribution in [1.29, 1.82) is 0 Å². The molecule has 0 bridgehead atoms. The van der Waals surface area contributed by atoms with Gasteiger partial charge in [0.2, 0.25) is 6.79 Å². The van der Waals surface area contributed by atoms with E-state index in [0.717, 1.165) is 0 Å². The van der Waals surface area contributed by atoms with Gasteiger partial charge in [-0.2, -0.15) is 0 Å². The lowest BCUT2D eigenvalue weighted by Crippen LogP contribution is -2.46. The molecule has 3 aromatic carbocycles. The highest BCUT2D eigenvalue weighted by atomic mass is 16.7. The zero-order chi connectivity index (χ0) is 23.8. The third-order valence-corrected chi connectivity index (χ3v) is 6.32. The number of methoxy groups -OCH3 is 2. The summed E-state index contributed by atoms with van der Waals surface area (Å²) in [7, 11) is 3.04. The van der Waals surface area contributed by atoms with E-state index in [1.54, 1.807) is 29.2 Å². The molecule has 0 aromatic heterocycles. The number of aliphatic hydroxyl groups is 1.